The lowest BCUT2D eigenvalue weighted by Gasteiger charge is -2.08. The SMILES string of the molecule is Cl.N=C(N)NC(=N)Nc1ccc2c(c1)OCO2. The highest BCUT2D eigenvalue weighted by molar-refractivity contribution is 6.02. The second-order valence-electron chi connectivity index (χ2n) is 3.11. The van der Waals surface area contributed by atoms with Crippen LogP contribution in [0.4, 0.5) is 5.69 Å². The van der Waals surface area contributed by atoms with E-state index in [1.165, 1.54) is 0 Å². The maximum atomic E-state index is 7.44. The van der Waals surface area contributed by atoms with Crippen molar-refractivity contribution >= 4 is 30.0 Å². The largest absolute Gasteiger partial charge is 0.454 e. The molecule has 0 aromatic heterocycles. The van der Waals surface area contributed by atoms with Crippen LogP contribution in [0.15, 0.2) is 18.2 Å². The molecule has 92 valence electrons. The lowest BCUT2D eigenvalue weighted by molar-refractivity contribution is 0.174. The number of hydrogen-bond acceptors (Lipinski definition) is 4. The van der Waals surface area contributed by atoms with Gasteiger partial charge in [0.2, 0.25) is 6.79 Å². The first kappa shape index (κ1) is 12.9. The van der Waals surface area contributed by atoms with E-state index in [1.807, 2.05) is 0 Å². The first-order valence-corrected chi connectivity index (χ1v) is 4.51. The number of benzene rings is 1. The van der Waals surface area contributed by atoms with Crippen LogP contribution in [0.2, 0.25) is 0 Å². The van der Waals surface area contributed by atoms with Gasteiger partial charge in [0.25, 0.3) is 0 Å². The van der Waals surface area contributed by atoms with Gasteiger partial charge in [0.15, 0.2) is 23.4 Å². The minimum absolute atomic E-state index is 0. The van der Waals surface area contributed by atoms with Crippen LogP contribution in [-0.4, -0.2) is 18.7 Å². The van der Waals surface area contributed by atoms with E-state index in [2.05, 4.69) is 10.6 Å². The number of nitrogens with two attached hydrogens (primary N) is 1. The Hall–Kier alpha value is -2.15. The summed E-state index contributed by atoms with van der Waals surface area (Å²) in [4.78, 5) is 0. The van der Waals surface area contributed by atoms with Crippen molar-refractivity contribution in [1.29, 1.82) is 10.8 Å². The molecule has 8 heteroatoms. The molecule has 0 saturated heterocycles. The van der Waals surface area contributed by atoms with Gasteiger partial charge in [-0.25, -0.2) is 0 Å². The molecule has 0 aliphatic carbocycles. The highest BCUT2D eigenvalue weighted by atomic mass is 35.5. The summed E-state index contributed by atoms with van der Waals surface area (Å²) in [6.45, 7) is 0.210. The van der Waals surface area contributed by atoms with Crippen molar-refractivity contribution in [2.45, 2.75) is 0 Å². The van der Waals surface area contributed by atoms with Crippen LogP contribution in [0.5, 0.6) is 11.5 Å². The van der Waals surface area contributed by atoms with E-state index in [4.69, 9.17) is 26.0 Å². The summed E-state index contributed by atoms with van der Waals surface area (Å²) >= 11 is 0. The molecule has 2 rings (SSSR count). The second kappa shape index (κ2) is 5.26. The highest BCUT2D eigenvalue weighted by Gasteiger charge is 2.13. The number of anilines is 1. The Morgan fingerprint density at radius 3 is 2.65 bits per heavy atom. The van der Waals surface area contributed by atoms with Crippen molar-refractivity contribution in [2.75, 3.05) is 12.1 Å². The third-order valence-corrected chi connectivity index (χ3v) is 1.90. The van der Waals surface area contributed by atoms with Crippen LogP contribution in [0, 0.1) is 10.8 Å². The van der Waals surface area contributed by atoms with E-state index in [0.717, 1.165) is 0 Å². The molecule has 0 saturated carbocycles. The van der Waals surface area contributed by atoms with Crippen molar-refractivity contribution in [3.05, 3.63) is 18.2 Å². The van der Waals surface area contributed by atoms with Crippen molar-refractivity contribution in [3.8, 4) is 11.5 Å². The van der Waals surface area contributed by atoms with Gasteiger partial charge in [-0.15, -0.1) is 12.4 Å². The summed E-state index contributed by atoms with van der Waals surface area (Å²) in [7, 11) is 0. The van der Waals surface area contributed by atoms with Gasteiger partial charge < -0.3 is 20.5 Å². The average Bonchev–Trinajstić information content (AvgIpc) is 2.63. The molecule has 0 atom stereocenters. The van der Waals surface area contributed by atoms with Gasteiger partial charge in [-0.3, -0.25) is 16.1 Å². The van der Waals surface area contributed by atoms with Gasteiger partial charge in [-0.1, -0.05) is 0 Å². The lowest BCUT2D eigenvalue weighted by atomic mass is 10.3. The van der Waals surface area contributed by atoms with E-state index >= 15 is 0 Å². The van der Waals surface area contributed by atoms with E-state index in [9.17, 15) is 0 Å². The predicted octanol–water partition coefficient (Wildman–Crippen LogP) is 0.667. The molecular weight excluding hydrogens is 246 g/mol. The van der Waals surface area contributed by atoms with Crippen LogP contribution in [0.1, 0.15) is 0 Å². The molecule has 1 aliphatic rings. The summed E-state index contributed by atoms with van der Waals surface area (Å²) in [5, 5.41) is 19.4. The van der Waals surface area contributed by atoms with E-state index in [-0.39, 0.29) is 31.1 Å². The fourth-order valence-corrected chi connectivity index (χ4v) is 1.28. The molecule has 0 bridgehead atoms. The third kappa shape index (κ3) is 3.15. The van der Waals surface area contributed by atoms with Crippen LogP contribution in [0.3, 0.4) is 0 Å². The van der Waals surface area contributed by atoms with Crippen molar-refractivity contribution in [3.63, 3.8) is 0 Å². The smallest absolute Gasteiger partial charge is 0.231 e. The Kier molecular flexibility index (Phi) is 4.00. The Labute approximate surface area is 104 Å². The molecule has 1 aromatic carbocycles. The van der Waals surface area contributed by atoms with E-state index < -0.39 is 0 Å². The molecule has 0 radical (unpaired) electrons. The highest BCUT2D eigenvalue weighted by Crippen LogP contribution is 2.34. The Morgan fingerprint density at radius 2 is 1.94 bits per heavy atom. The molecule has 7 nitrogen and oxygen atoms in total. The average molecular weight is 258 g/mol. The number of halogens is 1. The van der Waals surface area contributed by atoms with Gasteiger partial charge in [-0.2, -0.15) is 0 Å². The van der Waals surface area contributed by atoms with Crippen molar-refractivity contribution < 1.29 is 9.47 Å². The minimum Gasteiger partial charge on any atom is -0.454 e. The zero-order valence-electron chi connectivity index (χ0n) is 8.74. The molecule has 6 N–H and O–H groups in total. The topological polar surface area (TPSA) is 116 Å². The lowest BCUT2D eigenvalue weighted by Crippen LogP contribution is -2.39. The summed E-state index contributed by atoms with van der Waals surface area (Å²) < 4.78 is 10.3. The van der Waals surface area contributed by atoms with Gasteiger partial charge in [0.1, 0.15) is 0 Å². The zero-order valence-corrected chi connectivity index (χ0v) is 9.56. The molecule has 1 heterocycles. The number of nitrogens with one attached hydrogen (secondary N) is 4. The van der Waals surface area contributed by atoms with E-state index in [1.54, 1.807) is 18.2 Å². The van der Waals surface area contributed by atoms with Gasteiger partial charge in [0.05, 0.1) is 0 Å². The zero-order chi connectivity index (χ0) is 11.5. The molecule has 17 heavy (non-hydrogen) atoms. The number of ether oxygens (including phenoxy) is 2. The van der Waals surface area contributed by atoms with Crippen LogP contribution in [-0.2, 0) is 0 Å². The molecule has 1 aromatic rings. The summed E-state index contributed by atoms with van der Waals surface area (Å²) in [5.74, 6) is 0.932. The normalized spacial score (nSPS) is 11.3. The first-order chi connectivity index (χ1) is 7.65. The molecule has 0 spiro atoms. The molecule has 0 unspecified atom stereocenters. The Balaban J connectivity index is 0.00000144. The molecule has 0 amide bonds. The number of fused-ring (bicyclic) bond motifs is 1. The van der Waals surface area contributed by atoms with Gasteiger partial charge in [-0.05, 0) is 12.1 Å². The molecule has 0 fully saturated rings. The fourth-order valence-electron chi connectivity index (χ4n) is 1.28. The molecule has 1 aliphatic heterocycles. The van der Waals surface area contributed by atoms with Crippen LogP contribution in [0.25, 0.3) is 0 Å². The van der Waals surface area contributed by atoms with Crippen molar-refractivity contribution in [2.24, 2.45) is 5.73 Å². The van der Waals surface area contributed by atoms with Crippen molar-refractivity contribution in [1.82, 2.24) is 5.32 Å². The van der Waals surface area contributed by atoms with E-state index in [0.29, 0.717) is 17.2 Å². The summed E-state index contributed by atoms with van der Waals surface area (Å²) in [6.07, 6.45) is 0. The maximum absolute atomic E-state index is 7.44. The van der Waals surface area contributed by atoms with Gasteiger partial charge in [0, 0.05) is 11.8 Å². The third-order valence-electron chi connectivity index (χ3n) is 1.90. The minimum atomic E-state index is -0.293. The first-order valence-electron chi connectivity index (χ1n) is 4.51. The monoisotopic (exact) mass is 257 g/mol. The fraction of sp³-hybridized carbons (Fsp3) is 0.111. The summed E-state index contributed by atoms with van der Waals surface area (Å²) in [5.41, 5.74) is 5.74. The van der Waals surface area contributed by atoms with Crippen LogP contribution < -0.4 is 25.8 Å². The predicted molar refractivity (Wildman–Crippen MR) is 66.2 cm³/mol. The maximum Gasteiger partial charge on any atom is 0.231 e. The second-order valence-corrected chi connectivity index (χ2v) is 3.11. The van der Waals surface area contributed by atoms with Crippen LogP contribution >= 0.6 is 12.4 Å². The summed E-state index contributed by atoms with van der Waals surface area (Å²) in [6, 6.07) is 5.19. The number of hydrogen-bond donors (Lipinski definition) is 5. The molecular formula is C9H12ClN5O2. The Morgan fingerprint density at radius 1 is 1.24 bits per heavy atom. The quantitative estimate of drug-likeness (QED) is 0.374. The Bertz CT molecular complexity index is 451. The van der Waals surface area contributed by atoms with Gasteiger partial charge >= 0.3 is 0 Å². The standard InChI is InChI=1S/C9H11N5O2.ClH/c10-8(11)14-9(12)13-5-1-2-6-7(3-5)16-4-15-6;/h1-3H,4H2,(H6,10,11,12,13,14);1H. The number of rotatable bonds is 1. The number of guanidine groups is 2.